The number of carbonyl (C=O) groups excluding carboxylic acids is 2. The number of hydrogen-bond donors (Lipinski definition) is 3. The highest BCUT2D eigenvalue weighted by Gasteiger charge is 2.35. The smallest absolute Gasteiger partial charge is 0.347 e. The molecule has 2 aromatic rings. The molecule has 1 aliphatic rings. The molecular weight excluding hydrogens is 413 g/mol. The molecule has 3 amide bonds. The predicted octanol–water partition coefficient (Wildman–Crippen LogP) is 2.68. The van der Waals surface area contributed by atoms with Gasteiger partial charge in [-0.25, -0.2) is 4.79 Å². The summed E-state index contributed by atoms with van der Waals surface area (Å²) in [5.41, 5.74) is 2.33. The summed E-state index contributed by atoms with van der Waals surface area (Å²) >= 11 is 0. The van der Waals surface area contributed by atoms with Gasteiger partial charge in [0.1, 0.15) is 6.54 Å². The van der Waals surface area contributed by atoms with E-state index in [1.54, 1.807) is 45.3 Å². The zero-order chi connectivity index (χ0) is 22.8. The third-order valence-electron chi connectivity index (χ3n) is 4.92. The molecule has 1 aromatic carbocycles. The van der Waals surface area contributed by atoms with Gasteiger partial charge in [0, 0.05) is 56.6 Å². The molecule has 11 heteroatoms. The Labute approximate surface area is 177 Å². The lowest BCUT2D eigenvalue weighted by atomic mass is 9.97. The van der Waals surface area contributed by atoms with Crippen molar-refractivity contribution in [1.82, 2.24) is 25.3 Å². The molecule has 8 nitrogen and oxygen atoms in total. The molecule has 0 saturated heterocycles. The molecule has 0 radical (unpaired) electrons. The maximum absolute atomic E-state index is 13.0. The van der Waals surface area contributed by atoms with Gasteiger partial charge in [-0.2, -0.15) is 18.3 Å². The van der Waals surface area contributed by atoms with Crippen LogP contribution in [0.15, 0.2) is 24.3 Å². The number of benzene rings is 1. The number of nitrogens with zero attached hydrogens (tertiary/aromatic N) is 3. The standard InChI is InChI=1S/C20H25F3N6O2/c1-12-8-24-10-15-16(27-29(17(12)15)11-20(21,22)23)18(30)25-9-13-4-6-14(7-5-13)26-19(31)28(2)3/h4-7,12,24H,8-11H2,1-3H3,(H,25,30)(H,26,31). The summed E-state index contributed by atoms with van der Waals surface area (Å²) in [6.45, 7) is 1.56. The maximum atomic E-state index is 13.0. The van der Waals surface area contributed by atoms with Crippen LogP contribution in [0, 0.1) is 0 Å². The fraction of sp³-hybridized carbons (Fsp3) is 0.450. The lowest BCUT2D eigenvalue weighted by Gasteiger charge is -2.22. The topological polar surface area (TPSA) is 91.3 Å². The van der Waals surface area contributed by atoms with Gasteiger partial charge in [-0.1, -0.05) is 19.1 Å². The SMILES string of the molecule is CC1CNCc2c(C(=O)NCc3ccc(NC(=O)N(C)C)cc3)nn(CC(F)(F)F)c21. The summed E-state index contributed by atoms with van der Waals surface area (Å²) in [5, 5.41) is 12.5. The number of hydrogen-bond acceptors (Lipinski definition) is 4. The van der Waals surface area contributed by atoms with E-state index < -0.39 is 18.6 Å². The van der Waals surface area contributed by atoms with Gasteiger partial charge >= 0.3 is 12.2 Å². The molecule has 0 aliphatic carbocycles. The van der Waals surface area contributed by atoms with E-state index in [0.717, 1.165) is 10.2 Å². The van der Waals surface area contributed by atoms with E-state index in [2.05, 4.69) is 21.0 Å². The quantitative estimate of drug-likeness (QED) is 0.670. The van der Waals surface area contributed by atoms with E-state index in [0.29, 0.717) is 30.0 Å². The van der Waals surface area contributed by atoms with Crippen molar-refractivity contribution in [2.45, 2.75) is 38.7 Å². The molecule has 0 saturated carbocycles. The second kappa shape index (κ2) is 8.96. The first-order valence-electron chi connectivity index (χ1n) is 9.77. The highest BCUT2D eigenvalue weighted by molar-refractivity contribution is 5.94. The van der Waals surface area contributed by atoms with Crippen LogP contribution in [-0.2, 0) is 19.6 Å². The van der Waals surface area contributed by atoms with Gasteiger partial charge in [-0.15, -0.1) is 0 Å². The van der Waals surface area contributed by atoms with Gasteiger partial charge in [0.25, 0.3) is 5.91 Å². The highest BCUT2D eigenvalue weighted by Crippen LogP contribution is 2.29. The second-order valence-corrected chi connectivity index (χ2v) is 7.72. The monoisotopic (exact) mass is 438 g/mol. The van der Waals surface area contributed by atoms with Gasteiger partial charge in [0.05, 0.1) is 0 Å². The second-order valence-electron chi connectivity index (χ2n) is 7.72. The van der Waals surface area contributed by atoms with E-state index in [1.807, 2.05) is 0 Å². The molecule has 2 heterocycles. The first-order chi connectivity index (χ1) is 14.5. The van der Waals surface area contributed by atoms with Crippen LogP contribution in [0.3, 0.4) is 0 Å². The lowest BCUT2D eigenvalue weighted by Crippen LogP contribution is -2.31. The molecule has 0 bridgehead atoms. The van der Waals surface area contributed by atoms with Crippen LogP contribution in [0.2, 0.25) is 0 Å². The summed E-state index contributed by atoms with van der Waals surface area (Å²) < 4.78 is 39.8. The first-order valence-corrected chi connectivity index (χ1v) is 9.77. The molecule has 1 atom stereocenters. The van der Waals surface area contributed by atoms with Crippen LogP contribution in [0.1, 0.15) is 40.2 Å². The molecule has 1 aromatic heterocycles. The Hall–Kier alpha value is -3.08. The molecule has 31 heavy (non-hydrogen) atoms. The number of urea groups is 1. The summed E-state index contributed by atoms with van der Waals surface area (Å²) in [5.74, 6) is -0.719. The average Bonchev–Trinajstić information content (AvgIpc) is 3.05. The Morgan fingerprint density at radius 1 is 1.26 bits per heavy atom. The Kier molecular flexibility index (Phi) is 6.54. The number of fused-ring (bicyclic) bond motifs is 1. The number of carbonyl (C=O) groups is 2. The molecular formula is C20H25F3N6O2. The lowest BCUT2D eigenvalue weighted by molar-refractivity contribution is -0.143. The third-order valence-corrected chi connectivity index (χ3v) is 4.92. The Bertz CT molecular complexity index is 953. The molecule has 3 N–H and O–H groups in total. The van der Waals surface area contributed by atoms with Crippen molar-refractivity contribution in [3.05, 3.63) is 46.8 Å². The van der Waals surface area contributed by atoms with Crippen LogP contribution in [0.4, 0.5) is 23.7 Å². The molecule has 3 rings (SSSR count). The largest absolute Gasteiger partial charge is 0.408 e. The zero-order valence-electron chi connectivity index (χ0n) is 17.5. The number of rotatable bonds is 5. The van der Waals surface area contributed by atoms with Crippen molar-refractivity contribution < 1.29 is 22.8 Å². The van der Waals surface area contributed by atoms with Crippen LogP contribution < -0.4 is 16.0 Å². The van der Waals surface area contributed by atoms with E-state index in [-0.39, 0.29) is 24.2 Å². The predicted molar refractivity (Wildman–Crippen MR) is 109 cm³/mol. The molecule has 0 fully saturated rings. The van der Waals surface area contributed by atoms with Crippen molar-refractivity contribution in [2.24, 2.45) is 0 Å². The van der Waals surface area contributed by atoms with Crippen molar-refractivity contribution in [3.63, 3.8) is 0 Å². The summed E-state index contributed by atoms with van der Waals surface area (Å²) in [6.07, 6.45) is -4.43. The van der Waals surface area contributed by atoms with Crippen LogP contribution in [0.25, 0.3) is 0 Å². The van der Waals surface area contributed by atoms with Crippen LogP contribution >= 0.6 is 0 Å². The number of halogens is 3. The minimum Gasteiger partial charge on any atom is -0.347 e. The van der Waals surface area contributed by atoms with Crippen LogP contribution in [0.5, 0.6) is 0 Å². The zero-order valence-corrected chi connectivity index (χ0v) is 17.5. The first kappa shape index (κ1) is 22.6. The van der Waals surface area contributed by atoms with E-state index >= 15 is 0 Å². The van der Waals surface area contributed by atoms with E-state index in [9.17, 15) is 22.8 Å². The van der Waals surface area contributed by atoms with Gasteiger partial charge in [0.15, 0.2) is 5.69 Å². The average molecular weight is 438 g/mol. The molecule has 1 unspecified atom stereocenters. The van der Waals surface area contributed by atoms with E-state index in [1.165, 1.54) is 4.90 Å². The van der Waals surface area contributed by atoms with Crippen molar-refractivity contribution in [1.29, 1.82) is 0 Å². The minimum absolute atomic E-state index is 0.00756. The Morgan fingerprint density at radius 2 is 1.94 bits per heavy atom. The number of aromatic nitrogens is 2. The number of anilines is 1. The van der Waals surface area contributed by atoms with Gasteiger partial charge in [0.2, 0.25) is 0 Å². The number of nitrogens with one attached hydrogen (secondary N) is 3. The number of alkyl halides is 3. The molecule has 1 aliphatic heterocycles. The fourth-order valence-electron chi connectivity index (χ4n) is 3.43. The molecule has 168 valence electrons. The van der Waals surface area contributed by atoms with Crippen molar-refractivity contribution in [3.8, 4) is 0 Å². The summed E-state index contributed by atoms with van der Waals surface area (Å²) in [4.78, 5) is 25.8. The summed E-state index contributed by atoms with van der Waals surface area (Å²) in [6, 6.07) is 6.63. The summed E-state index contributed by atoms with van der Waals surface area (Å²) in [7, 11) is 3.26. The maximum Gasteiger partial charge on any atom is 0.408 e. The van der Waals surface area contributed by atoms with E-state index in [4.69, 9.17) is 0 Å². The van der Waals surface area contributed by atoms with Crippen molar-refractivity contribution >= 4 is 17.6 Å². The van der Waals surface area contributed by atoms with Gasteiger partial charge < -0.3 is 20.9 Å². The third kappa shape index (κ3) is 5.54. The normalized spacial score (nSPS) is 15.9. The highest BCUT2D eigenvalue weighted by atomic mass is 19.4. The minimum atomic E-state index is -4.43. The molecule has 0 spiro atoms. The van der Waals surface area contributed by atoms with Gasteiger partial charge in [-0.3, -0.25) is 9.48 Å². The van der Waals surface area contributed by atoms with Crippen LogP contribution in [-0.4, -0.2) is 53.4 Å². The fourth-order valence-corrected chi connectivity index (χ4v) is 3.43. The Morgan fingerprint density at radius 3 is 2.55 bits per heavy atom. The number of amides is 3. The Balaban J connectivity index is 1.71. The van der Waals surface area contributed by atoms with Gasteiger partial charge in [-0.05, 0) is 17.7 Å². The van der Waals surface area contributed by atoms with Crippen molar-refractivity contribution in [2.75, 3.05) is 26.0 Å².